The van der Waals surface area contributed by atoms with E-state index in [1.807, 2.05) is 11.5 Å². The Morgan fingerprint density at radius 1 is 1.21 bits per heavy atom. The Labute approximate surface area is 172 Å². The largest absolute Gasteiger partial charge is 0.484 e. The lowest BCUT2D eigenvalue weighted by Crippen LogP contribution is -2.19. The molecular formula is C19H19ClN2O4S2. The van der Waals surface area contributed by atoms with Gasteiger partial charge in [0.15, 0.2) is 21.2 Å². The van der Waals surface area contributed by atoms with Gasteiger partial charge < -0.3 is 9.30 Å². The molecule has 0 aliphatic heterocycles. The predicted octanol–water partition coefficient (Wildman–Crippen LogP) is 3.68. The average molecular weight is 439 g/mol. The molecule has 0 N–H and O–H groups in total. The molecule has 0 radical (unpaired) electrons. The summed E-state index contributed by atoms with van der Waals surface area (Å²) >= 11 is 7.11. The Balaban J connectivity index is 1.92. The van der Waals surface area contributed by atoms with Crippen molar-refractivity contribution in [1.29, 1.82) is 0 Å². The maximum absolute atomic E-state index is 12.3. The zero-order valence-corrected chi connectivity index (χ0v) is 17.8. The Hall–Kier alpha value is -2.16. The molecule has 28 heavy (non-hydrogen) atoms. The van der Waals surface area contributed by atoms with E-state index in [4.69, 9.17) is 16.3 Å². The highest BCUT2D eigenvalue weighted by Gasteiger charge is 2.12. The summed E-state index contributed by atoms with van der Waals surface area (Å²) in [5.41, 5.74) is 0.851. The van der Waals surface area contributed by atoms with E-state index in [-0.39, 0.29) is 11.5 Å². The number of nitrogens with zero attached hydrogens (tertiary/aromatic N) is 2. The number of rotatable bonds is 6. The van der Waals surface area contributed by atoms with E-state index in [0.29, 0.717) is 22.1 Å². The van der Waals surface area contributed by atoms with Crippen molar-refractivity contribution >= 4 is 48.9 Å². The molecule has 0 saturated carbocycles. The third kappa shape index (κ3) is 4.81. The number of ether oxygens (including phenoxy) is 1. The van der Waals surface area contributed by atoms with Crippen LogP contribution in [0.2, 0.25) is 5.02 Å². The number of fused-ring (bicyclic) bond motifs is 1. The molecule has 1 amide bonds. The standard InChI is InChI=1S/C19H19ClN2O4S2/c1-3-10-22-16-9-8-15(28(2,24)25)11-17(16)27-19(22)21-18(23)12-26-14-6-4-13(20)5-7-14/h4-9,11H,3,10,12H2,1-2H3. The smallest absolute Gasteiger partial charge is 0.286 e. The Bertz CT molecular complexity index is 1180. The van der Waals surface area contributed by atoms with Crippen LogP contribution in [0.4, 0.5) is 0 Å². The molecule has 9 heteroatoms. The van der Waals surface area contributed by atoms with Crippen LogP contribution in [-0.2, 0) is 21.2 Å². The third-order valence-corrected chi connectivity index (χ3v) is 6.33. The highest BCUT2D eigenvalue weighted by atomic mass is 35.5. The van der Waals surface area contributed by atoms with Crippen molar-refractivity contribution in [3.8, 4) is 5.75 Å². The Morgan fingerprint density at radius 3 is 2.57 bits per heavy atom. The third-order valence-electron chi connectivity index (χ3n) is 3.93. The van der Waals surface area contributed by atoms with E-state index in [1.165, 1.54) is 17.6 Å². The van der Waals surface area contributed by atoms with Crippen molar-refractivity contribution in [2.45, 2.75) is 24.8 Å². The first-order valence-corrected chi connectivity index (χ1v) is 11.7. The topological polar surface area (TPSA) is 77.7 Å². The fourth-order valence-corrected chi connectivity index (χ4v) is 4.58. The highest BCUT2D eigenvalue weighted by Crippen LogP contribution is 2.22. The summed E-state index contributed by atoms with van der Waals surface area (Å²) < 4.78 is 31.8. The number of aromatic nitrogens is 1. The maximum atomic E-state index is 12.3. The van der Waals surface area contributed by atoms with Crippen LogP contribution in [0.1, 0.15) is 13.3 Å². The van der Waals surface area contributed by atoms with E-state index in [2.05, 4.69) is 4.99 Å². The van der Waals surface area contributed by atoms with Gasteiger partial charge in [0.2, 0.25) is 0 Å². The summed E-state index contributed by atoms with van der Waals surface area (Å²) in [6.07, 6.45) is 2.02. The lowest BCUT2D eigenvalue weighted by molar-refractivity contribution is -0.120. The summed E-state index contributed by atoms with van der Waals surface area (Å²) in [5.74, 6) is 0.109. The van der Waals surface area contributed by atoms with Crippen LogP contribution in [0.3, 0.4) is 0 Å². The van der Waals surface area contributed by atoms with Gasteiger partial charge in [-0.15, -0.1) is 0 Å². The number of hydrogen-bond acceptors (Lipinski definition) is 5. The number of sulfone groups is 1. The molecule has 3 aromatic rings. The molecule has 6 nitrogen and oxygen atoms in total. The zero-order chi connectivity index (χ0) is 20.3. The van der Waals surface area contributed by atoms with Crippen molar-refractivity contribution in [2.24, 2.45) is 4.99 Å². The van der Waals surface area contributed by atoms with Crippen LogP contribution in [0, 0.1) is 0 Å². The number of aryl methyl sites for hydroxylation is 1. The molecule has 0 fully saturated rings. The monoisotopic (exact) mass is 438 g/mol. The fourth-order valence-electron chi connectivity index (χ4n) is 2.62. The number of amides is 1. The Morgan fingerprint density at radius 2 is 1.93 bits per heavy atom. The van der Waals surface area contributed by atoms with Gasteiger partial charge in [-0.2, -0.15) is 4.99 Å². The van der Waals surface area contributed by atoms with E-state index < -0.39 is 15.7 Å². The van der Waals surface area contributed by atoms with Gasteiger partial charge in [0.1, 0.15) is 5.75 Å². The first-order chi connectivity index (χ1) is 13.3. The number of thiazole rings is 1. The summed E-state index contributed by atoms with van der Waals surface area (Å²) in [6.45, 7) is 2.50. The number of halogens is 1. The summed E-state index contributed by atoms with van der Waals surface area (Å²) in [6, 6.07) is 11.7. The van der Waals surface area contributed by atoms with Gasteiger partial charge in [0.25, 0.3) is 5.91 Å². The molecule has 2 aromatic carbocycles. The van der Waals surface area contributed by atoms with Crippen LogP contribution < -0.4 is 9.54 Å². The SMILES string of the molecule is CCCn1c(=NC(=O)COc2ccc(Cl)cc2)sc2cc(S(C)(=O)=O)ccc21. The zero-order valence-electron chi connectivity index (χ0n) is 15.4. The van der Waals surface area contributed by atoms with E-state index in [9.17, 15) is 13.2 Å². The van der Waals surface area contributed by atoms with Gasteiger partial charge in [0, 0.05) is 17.8 Å². The molecule has 0 aliphatic rings. The number of hydrogen-bond donors (Lipinski definition) is 0. The normalized spacial score (nSPS) is 12.5. The van der Waals surface area contributed by atoms with Gasteiger partial charge >= 0.3 is 0 Å². The fraction of sp³-hybridized carbons (Fsp3) is 0.263. The van der Waals surface area contributed by atoms with Crippen molar-refractivity contribution < 1.29 is 17.9 Å². The van der Waals surface area contributed by atoms with Crippen LogP contribution in [0.25, 0.3) is 10.2 Å². The molecule has 3 rings (SSSR count). The molecular weight excluding hydrogens is 420 g/mol. The van der Waals surface area contributed by atoms with Gasteiger partial charge in [-0.1, -0.05) is 29.9 Å². The molecule has 0 bridgehead atoms. The second-order valence-electron chi connectivity index (χ2n) is 6.19. The van der Waals surface area contributed by atoms with Crippen molar-refractivity contribution in [3.63, 3.8) is 0 Å². The van der Waals surface area contributed by atoms with Gasteiger partial charge in [-0.25, -0.2) is 8.42 Å². The minimum Gasteiger partial charge on any atom is -0.484 e. The first kappa shape index (κ1) is 20.6. The van der Waals surface area contributed by atoms with Crippen molar-refractivity contribution in [2.75, 3.05) is 12.9 Å². The molecule has 0 aliphatic carbocycles. The summed E-state index contributed by atoms with van der Waals surface area (Å²) in [4.78, 5) is 17.2. The molecule has 1 heterocycles. The highest BCUT2D eigenvalue weighted by molar-refractivity contribution is 7.90. The first-order valence-electron chi connectivity index (χ1n) is 8.57. The lowest BCUT2D eigenvalue weighted by Gasteiger charge is -2.04. The number of carbonyl (C=O) groups excluding carboxylic acids is 1. The molecule has 148 valence electrons. The minimum absolute atomic E-state index is 0.198. The van der Waals surface area contributed by atoms with Gasteiger partial charge in [-0.3, -0.25) is 4.79 Å². The molecule has 0 unspecified atom stereocenters. The van der Waals surface area contributed by atoms with Gasteiger partial charge in [-0.05, 0) is 48.9 Å². The molecule has 0 atom stereocenters. The van der Waals surface area contributed by atoms with Crippen LogP contribution in [0.15, 0.2) is 52.4 Å². The molecule has 1 aromatic heterocycles. The van der Waals surface area contributed by atoms with Crippen molar-refractivity contribution in [3.05, 3.63) is 52.3 Å². The number of benzene rings is 2. The lowest BCUT2D eigenvalue weighted by atomic mass is 10.3. The van der Waals surface area contributed by atoms with Crippen molar-refractivity contribution in [1.82, 2.24) is 4.57 Å². The van der Waals surface area contributed by atoms with E-state index in [0.717, 1.165) is 16.6 Å². The molecule has 0 saturated heterocycles. The van der Waals surface area contributed by atoms with E-state index >= 15 is 0 Å². The van der Waals surface area contributed by atoms with Crippen LogP contribution in [-0.4, -0.2) is 31.8 Å². The average Bonchev–Trinajstić information content (AvgIpc) is 2.97. The quantitative estimate of drug-likeness (QED) is 0.588. The maximum Gasteiger partial charge on any atom is 0.286 e. The van der Waals surface area contributed by atoms with Crippen LogP contribution in [0.5, 0.6) is 5.75 Å². The van der Waals surface area contributed by atoms with Crippen LogP contribution >= 0.6 is 22.9 Å². The minimum atomic E-state index is -3.31. The predicted molar refractivity (Wildman–Crippen MR) is 111 cm³/mol. The Kier molecular flexibility index (Phi) is 6.22. The summed E-state index contributed by atoms with van der Waals surface area (Å²) in [7, 11) is -3.31. The van der Waals surface area contributed by atoms with E-state index in [1.54, 1.807) is 42.5 Å². The second kappa shape index (κ2) is 8.46. The summed E-state index contributed by atoms with van der Waals surface area (Å²) in [5, 5.41) is 0.586. The second-order valence-corrected chi connectivity index (χ2v) is 9.65. The van der Waals surface area contributed by atoms with Gasteiger partial charge in [0.05, 0.1) is 15.1 Å². The molecule has 0 spiro atoms. The number of carbonyl (C=O) groups is 1.